The molecule has 0 bridgehead atoms. The minimum absolute atomic E-state index is 0.335. The van der Waals surface area contributed by atoms with Crippen LogP contribution in [0.3, 0.4) is 0 Å². The number of hydrogen-bond acceptors (Lipinski definition) is 2. The van der Waals surface area contributed by atoms with E-state index < -0.39 is 0 Å². The maximum atomic E-state index is 5.88. The smallest absolute Gasteiger partial charge is 0.0790 e. The molecular formula is C13H15BrClN3. The highest BCUT2D eigenvalue weighted by Gasteiger charge is 2.09. The molecule has 0 spiro atoms. The van der Waals surface area contributed by atoms with Gasteiger partial charge in [0.15, 0.2) is 0 Å². The van der Waals surface area contributed by atoms with Crippen LogP contribution in [-0.4, -0.2) is 16.3 Å². The van der Waals surface area contributed by atoms with Crippen LogP contribution in [0.25, 0.3) is 5.69 Å². The number of aromatic nitrogens is 2. The van der Waals surface area contributed by atoms with E-state index >= 15 is 0 Å². The summed E-state index contributed by atoms with van der Waals surface area (Å²) in [4.78, 5) is 0. The molecule has 0 aliphatic heterocycles. The largest absolute Gasteiger partial charge is 0.310 e. The van der Waals surface area contributed by atoms with Gasteiger partial charge in [-0.2, -0.15) is 5.10 Å². The van der Waals surface area contributed by atoms with Crippen molar-refractivity contribution in [1.29, 1.82) is 0 Å². The Labute approximate surface area is 120 Å². The fraction of sp³-hybridized carbons (Fsp3) is 0.308. The van der Waals surface area contributed by atoms with Crippen LogP contribution in [0.2, 0.25) is 5.02 Å². The molecule has 1 aromatic heterocycles. The highest BCUT2D eigenvalue weighted by atomic mass is 79.9. The molecule has 96 valence electrons. The summed E-state index contributed by atoms with van der Waals surface area (Å²) in [6.07, 6.45) is 3.41. The van der Waals surface area contributed by atoms with E-state index in [2.05, 4.69) is 52.3 Å². The van der Waals surface area contributed by atoms with Crippen LogP contribution in [0.4, 0.5) is 0 Å². The minimum Gasteiger partial charge on any atom is -0.310 e. The van der Waals surface area contributed by atoms with Crippen molar-refractivity contribution in [3.05, 3.63) is 45.7 Å². The van der Waals surface area contributed by atoms with Gasteiger partial charge in [-0.15, -0.1) is 0 Å². The molecule has 0 radical (unpaired) electrons. The summed E-state index contributed by atoms with van der Waals surface area (Å²) in [6.45, 7) is 5.21. The van der Waals surface area contributed by atoms with E-state index in [1.165, 1.54) is 5.56 Å². The molecule has 0 saturated heterocycles. The second-order valence-corrected chi connectivity index (χ2v) is 5.38. The molecule has 1 unspecified atom stereocenters. The van der Waals surface area contributed by atoms with Crippen molar-refractivity contribution in [2.75, 3.05) is 6.54 Å². The number of nitrogens with zero attached hydrogens (tertiary/aromatic N) is 2. The van der Waals surface area contributed by atoms with Crippen molar-refractivity contribution in [3.63, 3.8) is 0 Å². The van der Waals surface area contributed by atoms with Crippen LogP contribution in [0.1, 0.15) is 25.5 Å². The van der Waals surface area contributed by atoms with Gasteiger partial charge in [-0.1, -0.05) is 24.6 Å². The predicted molar refractivity (Wildman–Crippen MR) is 78.4 cm³/mol. The maximum absolute atomic E-state index is 5.88. The molecule has 3 nitrogen and oxygen atoms in total. The van der Waals surface area contributed by atoms with Gasteiger partial charge in [0.1, 0.15) is 0 Å². The van der Waals surface area contributed by atoms with Crippen LogP contribution < -0.4 is 5.32 Å². The molecular weight excluding hydrogens is 314 g/mol. The SMILES string of the molecule is CCNC(C)c1ccc(-n2cc(Cl)cn2)c(Br)c1. The van der Waals surface area contributed by atoms with Crippen molar-refractivity contribution in [1.82, 2.24) is 15.1 Å². The summed E-state index contributed by atoms with van der Waals surface area (Å²) in [6, 6.07) is 6.58. The Morgan fingerprint density at radius 3 is 2.83 bits per heavy atom. The van der Waals surface area contributed by atoms with E-state index in [-0.39, 0.29) is 0 Å². The molecule has 0 aliphatic rings. The average Bonchev–Trinajstić information content (AvgIpc) is 2.76. The van der Waals surface area contributed by atoms with E-state index in [4.69, 9.17) is 11.6 Å². The minimum atomic E-state index is 0.335. The molecule has 1 aromatic carbocycles. The first-order valence-electron chi connectivity index (χ1n) is 5.85. The van der Waals surface area contributed by atoms with Gasteiger partial charge in [0.25, 0.3) is 0 Å². The second-order valence-electron chi connectivity index (χ2n) is 4.09. The Balaban J connectivity index is 2.30. The molecule has 1 N–H and O–H groups in total. The Morgan fingerprint density at radius 2 is 2.28 bits per heavy atom. The molecule has 1 atom stereocenters. The zero-order chi connectivity index (χ0) is 13.1. The lowest BCUT2D eigenvalue weighted by Gasteiger charge is -2.14. The molecule has 0 saturated carbocycles. The van der Waals surface area contributed by atoms with Crippen molar-refractivity contribution < 1.29 is 0 Å². The first-order chi connectivity index (χ1) is 8.61. The number of halogens is 2. The van der Waals surface area contributed by atoms with Crippen molar-refractivity contribution in [2.24, 2.45) is 0 Å². The molecule has 2 rings (SSSR count). The Morgan fingerprint density at radius 1 is 1.50 bits per heavy atom. The number of benzene rings is 1. The third kappa shape index (κ3) is 2.94. The Kier molecular flexibility index (Phi) is 4.43. The van der Waals surface area contributed by atoms with Gasteiger partial charge >= 0.3 is 0 Å². The lowest BCUT2D eigenvalue weighted by Crippen LogP contribution is -2.17. The summed E-state index contributed by atoms with van der Waals surface area (Å²) < 4.78 is 2.76. The Bertz CT molecular complexity index is 539. The van der Waals surface area contributed by atoms with Crippen molar-refractivity contribution in [2.45, 2.75) is 19.9 Å². The van der Waals surface area contributed by atoms with Gasteiger partial charge in [-0.05, 0) is 47.1 Å². The molecule has 0 aliphatic carbocycles. The van der Waals surface area contributed by atoms with E-state index in [1.807, 2.05) is 6.07 Å². The number of hydrogen-bond donors (Lipinski definition) is 1. The molecule has 0 amide bonds. The van der Waals surface area contributed by atoms with Crippen LogP contribution in [-0.2, 0) is 0 Å². The van der Waals surface area contributed by atoms with Gasteiger partial charge in [-0.25, -0.2) is 4.68 Å². The van der Waals surface area contributed by atoms with Gasteiger partial charge in [-0.3, -0.25) is 0 Å². The monoisotopic (exact) mass is 327 g/mol. The van der Waals surface area contributed by atoms with Gasteiger partial charge in [0.2, 0.25) is 0 Å². The normalized spacial score (nSPS) is 12.7. The fourth-order valence-electron chi connectivity index (χ4n) is 1.83. The van der Waals surface area contributed by atoms with E-state index in [0.29, 0.717) is 11.1 Å². The van der Waals surface area contributed by atoms with E-state index in [9.17, 15) is 0 Å². The summed E-state index contributed by atoms with van der Waals surface area (Å²) in [5, 5.41) is 8.22. The standard InChI is InChI=1S/C13H15BrClN3/c1-3-16-9(2)10-4-5-13(12(14)6-10)18-8-11(15)7-17-18/h4-9,16H,3H2,1-2H3. The zero-order valence-corrected chi connectivity index (χ0v) is 12.7. The van der Waals surface area contributed by atoms with Gasteiger partial charge < -0.3 is 5.32 Å². The number of nitrogens with one attached hydrogen (secondary N) is 1. The average molecular weight is 329 g/mol. The van der Waals surface area contributed by atoms with Gasteiger partial charge in [0, 0.05) is 16.7 Å². The van der Waals surface area contributed by atoms with Crippen LogP contribution in [0, 0.1) is 0 Å². The molecule has 18 heavy (non-hydrogen) atoms. The fourth-order valence-corrected chi connectivity index (χ4v) is 2.55. The first-order valence-corrected chi connectivity index (χ1v) is 7.02. The van der Waals surface area contributed by atoms with Gasteiger partial charge in [0.05, 0.1) is 16.9 Å². The summed E-state index contributed by atoms with van der Waals surface area (Å²) in [5.74, 6) is 0. The van der Waals surface area contributed by atoms with Crippen LogP contribution in [0.5, 0.6) is 0 Å². The zero-order valence-electron chi connectivity index (χ0n) is 10.3. The quantitative estimate of drug-likeness (QED) is 0.920. The summed E-state index contributed by atoms with van der Waals surface area (Å²) in [7, 11) is 0. The molecule has 2 aromatic rings. The number of rotatable bonds is 4. The highest BCUT2D eigenvalue weighted by molar-refractivity contribution is 9.10. The third-order valence-electron chi connectivity index (χ3n) is 2.78. The Hall–Kier alpha value is -0.840. The molecule has 1 heterocycles. The summed E-state index contributed by atoms with van der Waals surface area (Å²) in [5.41, 5.74) is 2.22. The highest BCUT2D eigenvalue weighted by Crippen LogP contribution is 2.25. The van der Waals surface area contributed by atoms with Crippen LogP contribution in [0.15, 0.2) is 35.1 Å². The molecule has 5 heteroatoms. The van der Waals surface area contributed by atoms with E-state index in [1.54, 1.807) is 17.1 Å². The van der Waals surface area contributed by atoms with E-state index in [0.717, 1.165) is 16.7 Å². The lowest BCUT2D eigenvalue weighted by atomic mass is 10.1. The summed E-state index contributed by atoms with van der Waals surface area (Å²) >= 11 is 9.46. The third-order valence-corrected chi connectivity index (χ3v) is 3.61. The van der Waals surface area contributed by atoms with Crippen molar-refractivity contribution >= 4 is 27.5 Å². The maximum Gasteiger partial charge on any atom is 0.0790 e. The van der Waals surface area contributed by atoms with Crippen LogP contribution >= 0.6 is 27.5 Å². The second kappa shape index (κ2) is 5.87. The predicted octanol–water partition coefficient (Wildman–Crippen LogP) is 3.96. The lowest BCUT2D eigenvalue weighted by molar-refractivity contribution is 0.597. The first kappa shape index (κ1) is 13.6. The van der Waals surface area contributed by atoms with Crippen molar-refractivity contribution in [3.8, 4) is 5.69 Å². The molecule has 0 fully saturated rings. The topological polar surface area (TPSA) is 29.9 Å².